The first-order valence-electron chi connectivity index (χ1n) is 8.91. The molecule has 2 aliphatic heterocycles. The Hall–Kier alpha value is -3.10. The summed E-state index contributed by atoms with van der Waals surface area (Å²) in [6, 6.07) is 7.17. The van der Waals surface area contributed by atoms with E-state index in [1.54, 1.807) is 40.8 Å². The average molecular weight is 370 g/mol. The van der Waals surface area contributed by atoms with Crippen LogP contribution in [0.1, 0.15) is 12.8 Å². The van der Waals surface area contributed by atoms with Crippen molar-refractivity contribution < 1.29 is 14.3 Å². The van der Waals surface area contributed by atoms with Crippen molar-refractivity contribution in [2.45, 2.75) is 18.4 Å². The van der Waals surface area contributed by atoms with Crippen LogP contribution in [-0.4, -0.2) is 69.0 Å². The van der Waals surface area contributed by atoms with E-state index < -0.39 is 5.60 Å². The summed E-state index contributed by atoms with van der Waals surface area (Å²) in [5, 5.41) is 7.32. The Balaban J connectivity index is 1.46. The number of carbonyl (C=O) groups is 2. The second-order valence-corrected chi connectivity index (χ2v) is 7.12. The molecular weight excluding hydrogens is 348 g/mol. The highest BCUT2D eigenvalue weighted by molar-refractivity contribution is 5.89. The van der Waals surface area contributed by atoms with Crippen LogP contribution in [0.3, 0.4) is 0 Å². The zero-order valence-corrected chi connectivity index (χ0v) is 15.4. The van der Waals surface area contributed by atoms with E-state index in [2.05, 4.69) is 15.4 Å². The van der Waals surface area contributed by atoms with Gasteiger partial charge >= 0.3 is 12.1 Å². The number of hydrogen-bond acceptors (Lipinski definition) is 5. The normalized spacial score (nSPS) is 22.2. The molecule has 4 heterocycles. The van der Waals surface area contributed by atoms with Gasteiger partial charge in [0.05, 0.1) is 18.8 Å². The number of rotatable bonds is 2. The van der Waals surface area contributed by atoms with Gasteiger partial charge in [0, 0.05) is 32.9 Å². The van der Waals surface area contributed by atoms with Crippen molar-refractivity contribution in [3.8, 4) is 11.4 Å². The number of anilines is 1. The summed E-state index contributed by atoms with van der Waals surface area (Å²) < 4.78 is 7.17. The second-order valence-electron chi connectivity index (χ2n) is 7.12. The number of likely N-dealkylation sites (tertiary alicyclic amines) is 1. The molecule has 3 amide bonds. The number of nitrogens with one attached hydrogen (secondary N) is 1. The van der Waals surface area contributed by atoms with E-state index in [-0.39, 0.29) is 12.1 Å². The highest BCUT2D eigenvalue weighted by Gasteiger charge is 2.47. The monoisotopic (exact) mass is 370 g/mol. The molecule has 0 aliphatic carbocycles. The number of aromatic nitrogens is 3. The lowest BCUT2D eigenvalue weighted by molar-refractivity contribution is 0.00495. The topological polar surface area (TPSA) is 92.6 Å². The lowest BCUT2D eigenvalue weighted by Crippen LogP contribution is -2.53. The number of nitrogens with zero attached hydrogens (tertiary/aromatic N) is 5. The molecule has 0 radical (unpaired) electrons. The molecule has 2 fully saturated rings. The van der Waals surface area contributed by atoms with E-state index in [9.17, 15) is 9.59 Å². The molecule has 142 valence electrons. The molecule has 2 aromatic heterocycles. The Morgan fingerprint density at radius 1 is 1.26 bits per heavy atom. The largest absolute Gasteiger partial charge is 0.439 e. The number of hydrogen-bond donors (Lipinski definition) is 1. The maximum absolute atomic E-state index is 12.8. The molecule has 9 nitrogen and oxygen atoms in total. The Morgan fingerprint density at radius 3 is 2.81 bits per heavy atom. The molecule has 4 rings (SSSR count). The Bertz CT molecular complexity index is 867. The van der Waals surface area contributed by atoms with E-state index >= 15 is 0 Å². The number of aryl methyl sites for hydroxylation is 1. The van der Waals surface area contributed by atoms with Gasteiger partial charge in [-0.25, -0.2) is 9.59 Å². The van der Waals surface area contributed by atoms with E-state index in [1.807, 2.05) is 18.2 Å². The highest BCUT2D eigenvalue weighted by Crippen LogP contribution is 2.31. The van der Waals surface area contributed by atoms with E-state index in [4.69, 9.17) is 4.74 Å². The van der Waals surface area contributed by atoms with Crippen LogP contribution in [0.25, 0.3) is 11.4 Å². The van der Waals surface area contributed by atoms with Crippen molar-refractivity contribution in [2.24, 2.45) is 7.05 Å². The molecule has 0 saturated carbocycles. The molecule has 1 N–H and O–H groups in total. The molecular formula is C18H22N6O3. The van der Waals surface area contributed by atoms with Crippen LogP contribution in [0.5, 0.6) is 0 Å². The summed E-state index contributed by atoms with van der Waals surface area (Å²) in [6.45, 7) is 1.52. The Labute approximate surface area is 156 Å². The third kappa shape index (κ3) is 3.32. The van der Waals surface area contributed by atoms with Gasteiger partial charge in [-0.3, -0.25) is 15.0 Å². The fourth-order valence-electron chi connectivity index (χ4n) is 3.69. The lowest BCUT2D eigenvalue weighted by atomic mass is 9.93. The molecule has 2 aromatic rings. The molecule has 27 heavy (non-hydrogen) atoms. The van der Waals surface area contributed by atoms with Crippen molar-refractivity contribution >= 4 is 17.9 Å². The Kier molecular flexibility index (Phi) is 4.21. The third-order valence-corrected chi connectivity index (χ3v) is 5.01. The zero-order chi connectivity index (χ0) is 19.0. The summed E-state index contributed by atoms with van der Waals surface area (Å²) in [4.78, 5) is 32.1. The van der Waals surface area contributed by atoms with Crippen molar-refractivity contribution in [2.75, 3.05) is 32.0 Å². The van der Waals surface area contributed by atoms with E-state index in [0.29, 0.717) is 31.1 Å². The molecule has 1 unspecified atom stereocenters. The van der Waals surface area contributed by atoms with E-state index in [1.165, 1.54) is 0 Å². The molecule has 9 heteroatoms. The Morgan fingerprint density at radius 2 is 2.11 bits per heavy atom. The number of piperidine rings is 1. The quantitative estimate of drug-likeness (QED) is 0.872. The van der Waals surface area contributed by atoms with Crippen LogP contribution in [-0.2, 0) is 11.8 Å². The third-order valence-electron chi connectivity index (χ3n) is 5.01. The van der Waals surface area contributed by atoms with Gasteiger partial charge < -0.3 is 14.5 Å². The average Bonchev–Trinajstić information content (AvgIpc) is 3.15. The van der Waals surface area contributed by atoms with Crippen molar-refractivity contribution in [3.05, 3.63) is 30.5 Å². The second kappa shape index (κ2) is 6.57. The van der Waals surface area contributed by atoms with Crippen LogP contribution in [0.15, 0.2) is 30.5 Å². The first-order valence-corrected chi connectivity index (χ1v) is 8.91. The summed E-state index contributed by atoms with van der Waals surface area (Å²) in [5.74, 6) is 0.584. The van der Waals surface area contributed by atoms with E-state index in [0.717, 1.165) is 18.5 Å². The molecule has 2 saturated heterocycles. The molecule has 1 atom stereocenters. The predicted octanol–water partition coefficient (Wildman–Crippen LogP) is 1.93. The predicted molar refractivity (Wildman–Crippen MR) is 98.1 cm³/mol. The van der Waals surface area contributed by atoms with Crippen molar-refractivity contribution in [1.29, 1.82) is 0 Å². The minimum absolute atomic E-state index is 0.227. The van der Waals surface area contributed by atoms with Gasteiger partial charge in [0.25, 0.3) is 0 Å². The number of amides is 3. The van der Waals surface area contributed by atoms with Crippen LogP contribution in [0, 0.1) is 0 Å². The summed E-state index contributed by atoms with van der Waals surface area (Å²) in [5.41, 5.74) is 0.828. The number of likely N-dealkylation sites (N-methyl/N-ethyl adjacent to an activating group) is 1. The lowest BCUT2D eigenvalue weighted by Gasteiger charge is -2.38. The van der Waals surface area contributed by atoms with Gasteiger partial charge in [-0.2, -0.15) is 5.10 Å². The van der Waals surface area contributed by atoms with Gasteiger partial charge in [0.15, 0.2) is 0 Å². The van der Waals surface area contributed by atoms with Gasteiger partial charge in [-0.15, -0.1) is 0 Å². The van der Waals surface area contributed by atoms with Crippen LogP contribution >= 0.6 is 0 Å². The molecule has 0 aromatic carbocycles. The molecule has 0 bridgehead atoms. The number of urea groups is 1. The number of pyridine rings is 1. The minimum Gasteiger partial charge on any atom is -0.439 e. The van der Waals surface area contributed by atoms with Crippen LogP contribution in [0.2, 0.25) is 0 Å². The standard InChI is InChI=1S/C18H22N6O3/c1-22-11-18(27-17(22)26)7-5-9-24(12-18)16(25)20-15-10-14(21-23(15)2)13-6-3-4-8-19-13/h3-4,6,8,10H,5,7,9,11-12H2,1-2H3,(H,20,25). The zero-order valence-electron chi connectivity index (χ0n) is 15.4. The maximum Gasteiger partial charge on any atom is 0.410 e. The molecule has 1 spiro atoms. The number of carbonyl (C=O) groups excluding carboxylic acids is 2. The molecule has 2 aliphatic rings. The van der Waals surface area contributed by atoms with Gasteiger partial charge in [0.1, 0.15) is 17.1 Å². The smallest absolute Gasteiger partial charge is 0.410 e. The van der Waals surface area contributed by atoms with Gasteiger partial charge in [-0.05, 0) is 25.0 Å². The summed E-state index contributed by atoms with van der Waals surface area (Å²) >= 11 is 0. The number of ether oxygens (including phenoxy) is 1. The highest BCUT2D eigenvalue weighted by atomic mass is 16.6. The van der Waals surface area contributed by atoms with Gasteiger partial charge in [-0.1, -0.05) is 6.07 Å². The van der Waals surface area contributed by atoms with Gasteiger partial charge in [0.2, 0.25) is 0 Å². The minimum atomic E-state index is -0.604. The first-order chi connectivity index (χ1) is 13.0. The fourth-order valence-corrected chi connectivity index (χ4v) is 3.69. The van der Waals surface area contributed by atoms with Crippen LogP contribution < -0.4 is 5.32 Å². The fraction of sp³-hybridized carbons (Fsp3) is 0.444. The SMILES string of the molecule is CN1CC2(CCCN(C(=O)Nc3cc(-c4ccccn4)nn3C)C2)OC1=O. The first kappa shape index (κ1) is 17.3. The van der Waals surface area contributed by atoms with Crippen molar-refractivity contribution in [1.82, 2.24) is 24.6 Å². The van der Waals surface area contributed by atoms with Crippen LogP contribution in [0.4, 0.5) is 15.4 Å². The maximum atomic E-state index is 12.8. The summed E-state index contributed by atoms with van der Waals surface area (Å²) in [6.07, 6.45) is 2.93. The summed E-state index contributed by atoms with van der Waals surface area (Å²) in [7, 11) is 3.48. The van der Waals surface area contributed by atoms with Crippen molar-refractivity contribution in [3.63, 3.8) is 0 Å².